The Hall–Kier alpha value is -0.0800. The molecule has 2 saturated carbocycles. The highest BCUT2D eigenvalue weighted by atomic mass is 16.3. The van der Waals surface area contributed by atoms with E-state index in [1.165, 1.54) is 44.9 Å². The highest BCUT2D eigenvalue weighted by molar-refractivity contribution is 5.01. The molecule has 0 aromatic heterocycles. The normalized spacial score (nSPS) is 34.8. The minimum atomic E-state index is 0.0263. The molecule has 1 unspecified atom stereocenters. The van der Waals surface area contributed by atoms with Crippen LogP contribution in [0.2, 0.25) is 0 Å². The lowest BCUT2D eigenvalue weighted by molar-refractivity contribution is 0.136. The average molecular weight is 239 g/mol. The van der Waals surface area contributed by atoms with Gasteiger partial charge in [0.15, 0.2) is 0 Å². The third-order valence-electron chi connectivity index (χ3n) is 4.77. The molecule has 2 aliphatic carbocycles. The van der Waals surface area contributed by atoms with Crippen LogP contribution in [0, 0.1) is 5.41 Å². The van der Waals surface area contributed by atoms with Gasteiger partial charge < -0.3 is 10.4 Å². The van der Waals surface area contributed by atoms with E-state index < -0.39 is 0 Å². The Morgan fingerprint density at radius 3 is 2.18 bits per heavy atom. The molecule has 0 bridgehead atoms. The summed E-state index contributed by atoms with van der Waals surface area (Å²) >= 11 is 0. The van der Waals surface area contributed by atoms with Crippen LogP contribution >= 0.6 is 0 Å². The second-order valence-electron chi connectivity index (χ2n) is 7.11. The molecule has 2 aliphatic rings. The molecule has 2 N–H and O–H groups in total. The summed E-state index contributed by atoms with van der Waals surface area (Å²) in [5, 5.41) is 13.6. The van der Waals surface area contributed by atoms with Crippen LogP contribution in [0.5, 0.6) is 0 Å². The van der Waals surface area contributed by atoms with Crippen molar-refractivity contribution in [3.05, 3.63) is 0 Å². The van der Waals surface area contributed by atoms with Crippen LogP contribution in [0.3, 0.4) is 0 Å². The SMILES string of the molecule is CC1(C)CCC(CO)(NC2CCCCCC2)C1. The fourth-order valence-electron chi connectivity index (χ4n) is 3.83. The molecule has 2 fully saturated rings. The molecule has 2 heteroatoms. The van der Waals surface area contributed by atoms with E-state index in [0.29, 0.717) is 18.1 Å². The van der Waals surface area contributed by atoms with Gasteiger partial charge in [0.2, 0.25) is 0 Å². The average Bonchev–Trinajstić information content (AvgIpc) is 2.47. The van der Waals surface area contributed by atoms with Crippen molar-refractivity contribution in [1.29, 1.82) is 0 Å². The lowest BCUT2D eigenvalue weighted by atomic mass is 9.87. The van der Waals surface area contributed by atoms with E-state index in [-0.39, 0.29) is 5.54 Å². The maximum absolute atomic E-state index is 9.79. The highest BCUT2D eigenvalue weighted by Gasteiger charge is 2.43. The van der Waals surface area contributed by atoms with E-state index in [1.807, 2.05) is 0 Å². The summed E-state index contributed by atoms with van der Waals surface area (Å²) in [5.41, 5.74) is 0.430. The summed E-state index contributed by atoms with van der Waals surface area (Å²) in [4.78, 5) is 0. The minimum absolute atomic E-state index is 0.0263. The largest absolute Gasteiger partial charge is 0.394 e. The first-order chi connectivity index (χ1) is 8.05. The highest BCUT2D eigenvalue weighted by Crippen LogP contribution is 2.44. The van der Waals surface area contributed by atoms with Crippen LogP contribution < -0.4 is 5.32 Å². The van der Waals surface area contributed by atoms with Crippen LogP contribution in [0.15, 0.2) is 0 Å². The van der Waals surface area contributed by atoms with Crippen LogP contribution in [-0.4, -0.2) is 23.3 Å². The van der Waals surface area contributed by atoms with Crippen LogP contribution in [0.4, 0.5) is 0 Å². The molecule has 1 atom stereocenters. The third-order valence-corrected chi connectivity index (χ3v) is 4.77. The third kappa shape index (κ3) is 3.45. The zero-order valence-corrected chi connectivity index (χ0v) is 11.6. The summed E-state index contributed by atoms with van der Waals surface area (Å²) in [6.45, 7) is 4.98. The summed E-state index contributed by atoms with van der Waals surface area (Å²) < 4.78 is 0. The van der Waals surface area contributed by atoms with Crippen molar-refractivity contribution in [3.63, 3.8) is 0 Å². The molecule has 0 saturated heterocycles. The zero-order valence-electron chi connectivity index (χ0n) is 11.6. The molecule has 0 aliphatic heterocycles. The van der Waals surface area contributed by atoms with E-state index >= 15 is 0 Å². The van der Waals surface area contributed by atoms with Crippen LogP contribution in [0.1, 0.15) is 71.6 Å². The van der Waals surface area contributed by atoms with Crippen molar-refractivity contribution in [1.82, 2.24) is 5.32 Å². The number of rotatable bonds is 3. The van der Waals surface area contributed by atoms with Gasteiger partial charge in [0, 0.05) is 11.6 Å². The van der Waals surface area contributed by atoms with Crippen molar-refractivity contribution in [3.8, 4) is 0 Å². The summed E-state index contributed by atoms with van der Waals surface area (Å²) in [5.74, 6) is 0. The smallest absolute Gasteiger partial charge is 0.0613 e. The molecule has 100 valence electrons. The number of hydrogen-bond acceptors (Lipinski definition) is 2. The number of nitrogens with one attached hydrogen (secondary N) is 1. The molecular weight excluding hydrogens is 210 g/mol. The number of aliphatic hydroxyl groups is 1. The lowest BCUT2D eigenvalue weighted by Gasteiger charge is -2.34. The van der Waals surface area contributed by atoms with Gasteiger partial charge in [-0.2, -0.15) is 0 Å². The van der Waals surface area contributed by atoms with E-state index in [9.17, 15) is 5.11 Å². The monoisotopic (exact) mass is 239 g/mol. The minimum Gasteiger partial charge on any atom is -0.394 e. The van der Waals surface area contributed by atoms with E-state index in [0.717, 1.165) is 12.8 Å². The first-order valence-electron chi connectivity index (χ1n) is 7.44. The molecule has 0 radical (unpaired) electrons. The van der Waals surface area contributed by atoms with E-state index in [1.54, 1.807) is 0 Å². The zero-order chi connectivity index (χ0) is 12.4. The van der Waals surface area contributed by atoms with Gasteiger partial charge in [-0.1, -0.05) is 39.5 Å². The topological polar surface area (TPSA) is 32.3 Å². The fraction of sp³-hybridized carbons (Fsp3) is 1.00. The predicted molar refractivity (Wildman–Crippen MR) is 72.1 cm³/mol. The maximum atomic E-state index is 9.79. The van der Waals surface area contributed by atoms with Gasteiger partial charge in [-0.05, 0) is 37.5 Å². The second kappa shape index (κ2) is 5.27. The molecule has 0 aromatic carbocycles. The van der Waals surface area contributed by atoms with Gasteiger partial charge in [0.25, 0.3) is 0 Å². The second-order valence-corrected chi connectivity index (χ2v) is 7.11. The lowest BCUT2D eigenvalue weighted by Crippen LogP contribution is -2.51. The number of hydrogen-bond donors (Lipinski definition) is 2. The van der Waals surface area contributed by atoms with Crippen molar-refractivity contribution in [2.24, 2.45) is 5.41 Å². The van der Waals surface area contributed by atoms with E-state index in [2.05, 4.69) is 19.2 Å². The van der Waals surface area contributed by atoms with Gasteiger partial charge in [0.1, 0.15) is 0 Å². The Kier molecular flexibility index (Phi) is 4.14. The Morgan fingerprint density at radius 2 is 1.71 bits per heavy atom. The van der Waals surface area contributed by atoms with Gasteiger partial charge >= 0.3 is 0 Å². The first-order valence-corrected chi connectivity index (χ1v) is 7.44. The van der Waals surface area contributed by atoms with Gasteiger partial charge in [-0.3, -0.25) is 0 Å². The molecule has 0 spiro atoms. The molecule has 2 rings (SSSR count). The van der Waals surface area contributed by atoms with Crippen molar-refractivity contribution >= 4 is 0 Å². The van der Waals surface area contributed by atoms with Crippen molar-refractivity contribution < 1.29 is 5.11 Å². The van der Waals surface area contributed by atoms with Crippen molar-refractivity contribution in [2.75, 3.05) is 6.61 Å². The molecule has 17 heavy (non-hydrogen) atoms. The van der Waals surface area contributed by atoms with Gasteiger partial charge in [-0.15, -0.1) is 0 Å². The summed E-state index contributed by atoms with van der Waals surface area (Å²) in [6, 6.07) is 0.651. The quantitative estimate of drug-likeness (QED) is 0.741. The van der Waals surface area contributed by atoms with Gasteiger partial charge in [0.05, 0.1) is 6.61 Å². The standard InChI is InChI=1S/C15H29NO/c1-14(2)9-10-15(11-14,12-17)16-13-7-5-3-4-6-8-13/h13,16-17H,3-12H2,1-2H3. The molecule has 0 heterocycles. The van der Waals surface area contributed by atoms with Crippen molar-refractivity contribution in [2.45, 2.75) is 83.2 Å². The van der Waals surface area contributed by atoms with Crippen LogP contribution in [0.25, 0.3) is 0 Å². The Balaban J connectivity index is 1.94. The van der Waals surface area contributed by atoms with E-state index in [4.69, 9.17) is 0 Å². The predicted octanol–water partition coefficient (Wildman–Crippen LogP) is 3.24. The molecule has 0 aromatic rings. The summed E-state index contributed by atoms with van der Waals surface area (Å²) in [7, 11) is 0. The maximum Gasteiger partial charge on any atom is 0.0613 e. The number of aliphatic hydroxyl groups excluding tert-OH is 1. The summed E-state index contributed by atoms with van der Waals surface area (Å²) in [6.07, 6.45) is 11.7. The van der Waals surface area contributed by atoms with Crippen LogP contribution in [-0.2, 0) is 0 Å². The first kappa shape index (κ1) is 13.4. The Morgan fingerprint density at radius 1 is 1.06 bits per heavy atom. The Labute approximate surface area is 106 Å². The molecule has 0 amide bonds. The fourth-order valence-corrected chi connectivity index (χ4v) is 3.83. The molecule has 2 nitrogen and oxygen atoms in total. The Bertz CT molecular complexity index is 243. The molecular formula is C15H29NO. The van der Waals surface area contributed by atoms with Gasteiger partial charge in [-0.25, -0.2) is 0 Å².